The Kier molecular flexibility index (Phi) is 6.68. The number of piperazine rings is 1. The first-order chi connectivity index (χ1) is 18.5. The SMILES string of the molecule is C=C(O)C1Cc2c([nH]c3ccccc23)[C@H](c2ccc(CC)c(CN3CCN(c4ccccc4F)CC3)c2)N1. The van der Waals surface area contributed by atoms with E-state index in [0.717, 1.165) is 50.4 Å². The number of aliphatic hydroxyl groups excluding tert-OH is 1. The maximum Gasteiger partial charge on any atom is 0.146 e. The molecule has 2 aliphatic heterocycles. The summed E-state index contributed by atoms with van der Waals surface area (Å²) < 4.78 is 14.3. The highest BCUT2D eigenvalue weighted by Crippen LogP contribution is 2.37. The van der Waals surface area contributed by atoms with Gasteiger partial charge in [-0.3, -0.25) is 10.2 Å². The van der Waals surface area contributed by atoms with E-state index in [2.05, 4.69) is 76.1 Å². The molecule has 3 N–H and O–H groups in total. The molecule has 0 amide bonds. The Balaban J connectivity index is 1.27. The van der Waals surface area contributed by atoms with Crippen LogP contribution in [0.2, 0.25) is 0 Å². The minimum absolute atomic E-state index is 0.0670. The van der Waals surface area contributed by atoms with Crippen molar-refractivity contribution >= 4 is 16.6 Å². The molecule has 0 spiro atoms. The number of hydrogen-bond donors (Lipinski definition) is 3. The summed E-state index contributed by atoms with van der Waals surface area (Å²) in [6.45, 7) is 10.3. The minimum atomic E-state index is -0.201. The van der Waals surface area contributed by atoms with E-state index >= 15 is 0 Å². The summed E-state index contributed by atoms with van der Waals surface area (Å²) in [5.74, 6) is 0.0196. The van der Waals surface area contributed by atoms with E-state index in [-0.39, 0.29) is 23.7 Å². The molecule has 6 heteroatoms. The number of aromatic amines is 1. The van der Waals surface area contributed by atoms with Crippen LogP contribution in [0.25, 0.3) is 10.9 Å². The van der Waals surface area contributed by atoms with Gasteiger partial charge < -0.3 is 15.0 Å². The zero-order chi connectivity index (χ0) is 26.2. The maximum atomic E-state index is 14.3. The molecular weight excluding hydrogens is 475 g/mol. The summed E-state index contributed by atoms with van der Waals surface area (Å²) in [7, 11) is 0. The second-order valence-corrected chi connectivity index (χ2v) is 10.5. The molecule has 1 saturated heterocycles. The molecule has 2 atom stereocenters. The average Bonchev–Trinajstić information content (AvgIpc) is 3.32. The van der Waals surface area contributed by atoms with Crippen LogP contribution in [0.3, 0.4) is 0 Å². The van der Waals surface area contributed by atoms with Crippen LogP contribution in [0, 0.1) is 5.82 Å². The zero-order valence-corrected chi connectivity index (χ0v) is 21.9. The third-order valence-electron chi connectivity index (χ3n) is 8.22. The van der Waals surface area contributed by atoms with Crippen LogP contribution >= 0.6 is 0 Å². The number of rotatable bonds is 6. The molecule has 1 fully saturated rings. The number of fused-ring (bicyclic) bond motifs is 3. The van der Waals surface area contributed by atoms with Gasteiger partial charge in [-0.2, -0.15) is 0 Å². The van der Waals surface area contributed by atoms with Crippen LogP contribution in [-0.4, -0.2) is 47.2 Å². The fraction of sp³-hybridized carbons (Fsp3) is 0.312. The van der Waals surface area contributed by atoms with Gasteiger partial charge in [0.05, 0.1) is 17.8 Å². The first kappa shape index (κ1) is 24.7. The number of anilines is 1. The van der Waals surface area contributed by atoms with Crippen LogP contribution < -0.4 is 10.2 Å². The van der Waals surface area contributed by atoms with Crippen molar-refractivity contribution < 1.29 is 9.50 Å². The van der Waals surface area contributed by atoms with Gasteiger partial charge in [0.2, 0.25) is 0 Å². The molecular formula is C32H35FN4O. The second-order valence-electron chi connectivity index (χ2n) is 10.5. The first-order valence-corrected chi connectivity index (χ1v) is 13.6. The van der Waals surface area contributed by atoms with E-state index in [9.17, 15) is 9.50 Å². The zero-order valence-electron chi connectivity index (χ0n) is 21.9. The number of para-hydroxylation sites is 2. The molecule has 2 aliphatic rings. The van der Waals surface area contributed by atoms with Crippen LogP contribution in [-0.2, 0) is 19.4 Å². The molecule has 0 saturated carbocycles. The van der Waals surface area contributed by atoms with Crippen LogP contribution in [0.5, 0.6) is 0 Å². The van der Waals surface area contributed by atoms with Crippen LogP contribution in [0.15, 0.2) is 79.1 Å². The lowest BCUT2D eigenvalue weighted by Gasteiger charge is -2.36. The smallest absolute Gasteiger partial charge is 0.146 e. The van der Waals surface area contributed by atoms with Gasteiger partial charge in [0, 0.05) is 49.3 Å². The Morgan fingerprint density at radius 3 is 2.53 bits per heavy atom. The fourth-order valence-corrected chi connectivity index (χ4v) is 6.13. The number of nitrogens with one attached hydrogen (secondary N) is 2. The number of hydrogen-bond acceptors (Lipinski definition) is 4. The Morgan fingerprint density at radius 1 is 1.00 bits per heavy atom. The lowest BCUT2D eigenvalue weighted by atomic mass is 9.88. The van der Waals surface area contributed by atoms with Crippen molar-refractivity contribution in [3.63, 3.8) is 0 Å². The third kappa shape index (κ3) is 4.59. The standard InChI is InChI=1S/C32H35FN4O/c1-3-22-12-13-23(18-24(22)20-36-14-16-37(17-15-36)30-11-7-5-9-27(30)33)31-32-26(19-29(35-31)21(2)38)25-8-4-6-10-28(25)34-32/h4-13,18,29,31,34-35,38H,2-3,14-17,19-20H2,1H3/t29?,31-/m0/s1. The Bertz CT molecular complexity index is 1470. The Labute approximate surface area is 223 Å². The maximum absolute atomic E-state index is 14.3. The average molecular weight is 511 g/mol. The number of benzene rings is 3. The highest BCUT2D eigenvalue weighted by Gasteiger charge is 2.32. The summed E-state index contributed by atoms with van der Waals surface area (Å²) in [5.41, 5.74) is 8.08. The van der Waals surface area contributed by atoms with Crippen molar-refractivity contribution in [1.82, 2.24) is 15.2 Å². The first-order valence-electron chi connectivity index (χ1n) is 13.6. The summed E-state index contributed by atoms with van der Waals surface area (Å²) in [5, 5.41) is 15.2. The van der Waals surface area contributed by atoms with E-state index < -0.39 is 0 Å². The van der Waals surface area contributed by atoms with Gasteiger partial charge in [-0.05, 0) is 53.3 Å². The topological polar surface area (TPSA) is 54.5 Å². The largest absolute Gasteiger partial charge is 0.511 e. The van der Waals surface area contributed by atoms with Gasteiger partial charge >= 0.3 is 0 Å². The molecule has 4 aromatic rings. The third-order valence-corrected chi connectivity index (χ3v) is 8.22. The lowest BCUT2D eigenvalue weighted by molar-refractivity contribution is 0.248. The van der Waals surface area contributed by atoms with E-state index in [1.54, 1.807) is 6.07 Å². The second kappa shape index (κ2) is 10.3. The summed E-state index contributed by atoms with van der Waals surface area (Å²) in [4.78, 5) is 8.27. The molecule has 1 aromatic heterocycles. The van der Waals surface area contributed by atoms with Crippen LogP contribution in [0.1, 0.15) is 40.9 Å². The normalized spacial score (nSPS) is 20.0. The van der Waals surface area contributed by atoms with Crippen LogP contribution in [0.4, 0.5) is 10.1 Å². The molecule has 0 aliphatic carbocycles. The van der Waals surface area contributed by atoms with E-state index in [0.29, 0.717) is 12.1 Å². The van der Waals surface area contributed by atoms with Gasteiger partial charge in [0.1, 0.15) is 11.6 Å². The number of aliphatic hydroxyl groups is 1. The number of H-pyrrole nitrogens is 1. The van der Waals surface area contributed by atoms with Crippen molar-refractivity contribution in [2.45, 2.75) is 38.4 Å². The molecule has 3 heterocycles. The molecule has 0 bridgehead atoms. The van der Waals surface area contributed by atoms with Gasteiger partial charge in [0.15, 0.2) is 0 Å². The Hall–Kier alpha value is -3.61. The molecule has 38 heavy (non-hydrogen) atoms. The van der Waals surface area contributed by atoms with E-state index in [1.807, 2.05) is 12.1 Å². The van der Waals surface area contributed by atoms with Crippen molar-refractivity contribution in [2.24, 2.45) is 0 Å². The van der Waals surface area contributed by atoms with Crippen molar-refractivity contribution in [1.29, 1.82) is 0 Å². The summed E-state index contributed by atoms with van der Waals surface area (Å²) in [6.07, 6.45) is 1.67. The highest BCUT2D eigenvalue weighted by molar-refractivity contribution is 5.85. The molecule has 6 rings (SSSR count). The van der Waals surface area contributed by atoms with Crippen molar-refractivity contribution in [2.75, 3.05) is 31.1 Å². The Morgan fingerprint density at radius 2 is 1.76 bits per heavy atom. The van der Waals surface area contributed by atoms with Gasteiger partial charge in [-0.25, -0.2) is 4.39 Å². The molecule has 196 valence electrons. The van der Waals surface area contributed by atoms with Crippen molar-refractivity contribution in [3.8, 4) is 0 Å². The highest BCUT2D eigenvalue weighted by atomic mass is 19.1. The number of halogens is 1. The summed E-state index contributed by atoms with van der Waals surface area (Å²) in [6, 6.07) is 22.0. The van der Waals surface area contributed by atoms with E-state index in [4.69, 9.17) is 0 Å². The fourth-order valence-electron chi connectivity index (χ4n) is 6.13. The monoisotopic (exact) mass is 510 g/mol. The number of nitrogens with zero attached hydrogens (tertiary/aromatic N) is 2. The minimum Gasteiger partial charge on any atom is -0.511 e. The quantitative estimate of drug-likeness (QED) is 0.284. The van der Waals surface area contributed by atoms with Crippen molar-refractivity contribution in [3.05, 3.63) is 113 Å². The predicted octanol–water partition coefficient (Wildman–Crippen LogP) is 5.87. The molecule has 5 nitrogen and oxygen atoms in total. The van der Waals surface area contributed by atoms with E-state index in [1.165, 1.54) is 33.7 Å². The predicted molar refractivity (Wildman–Crippen MR) is 152 cm³/mol. The van der Waals surface area contributed by atoms with Gasteiger partial charge in [-0.1, -0.05) is 62.0 Å². The number of aryl methyl sites for hydroxylation is 1. The van der Waals surface area contributed by atoms with Gasteiger partial charge in [0.25, 0.3) is 0 Å². The molecule has 3 aromatic carbocycles. The molecule has 1 unspecified atom stereocenters. The number of aromatic nitrogens is 1. The lowest BCUT2D eigenvalue weighted by Crippen LogP contribution is -2.46. The summed E-state index contributed by atoms with van der Waals surface area (Å²) >= 11 is 0. The molecule has 0 radical (unpaired) electrons. The van der Waals surface area contributed by atoms with Gasteiger partial charge in [-0.15, -0.1) is 0 Å².